The Balaban J connectivity index is 1.24. The molecule has 2 aliphatic heterocycles. The summed E-state index contributed by atoms with van der Waals surface area (Å²) in [7, 11) is 1.62. The van der Waals surface area contributed by atoms with Crippen LogP contribution < -0.4 is 5.32 Å². The Bertz CT molecular complexity index is 1680. The van der Waals surface area contributed by atoms with Crippen molar-refractivity contribution in [3.8, 4) is 28.4 Å². The number of Topliss-reactive ketones (excluding diaryl/α,β-unsaturated/α-hetero) is 1. The van der Waals surface area contributed by atoms with E-state index in [0.29, 0.717) is 42.9 Å². The number of rotatable bonds is 4. The summed E-state index contributed by atoms with van der Waals surface area (Å²) in [5.41, 5.74) is 5.23. The number of carbonyl (C=O) groups excluding carboxylic acids is 3. The molecular formula is C28H28FN7O4. The van der Waals surface area contributed by atoms with Crippen LogP contribution in [-0.4, -0.2) is 79.0 Å². The summed E-state index contributed by atoms with van der Waals surface area (Å²) in [6.07, 6.45) is 1.51. The number of piperidine rings is 1. The number of nitrogens with one attached hydrogen (secondary N) is 3. The molecule has 0 aliphatic carbocycles. The number of imidazole rings is 1. The first-order valence-corrected chi connectivity index (χ1v) is 13.2. The van der Waals surface area contributed by atoms with Gasteiger partial charge in [0.05, 0.1) is 29.5 Å². The predicted octanol–water partition coefficient (Wildman–Crippen LogP) is 2.89. The van der Waals surface area contributed by atoms with Gasteiger partial charge < -0.3 is 20.3 Å². The number of likely N-dealkylation sites (tertiary alicyclic amines) is 1. The van der Waals surface area contributed by atoms with Crippen molar-refractivity contribution < 1.29 is 23.9 Å². The van der Waals surface area contributed by atoms with E-state index in [1.807, 2.05) is 25.1 Å². The van der Waals surface area contributed by atoms with Crippen LogP contribution in [0.1, 0.15) is 30.3 Å². The molecule has 2 aromatic carbocycles. The third kappa shape index (κ3) is 4.20. The number of urea groups is 1. The van der Waals surface area contributed by atoms with E-state index in [1.165, 1.54) is 12.1 Å². The maximum atomic E-state index is 14.1. The molecule has 4 heterocycles. The number of benzene rings is 2. The maximum absolute atomic E-state index is 14.1. The molecule has 206 valence electrons. The van der Waals surface area contributed by atoms with E-state index in [0.717, 1.165) is 38.3 Å². The van der Waals surface area contributed by atoms with Gasteiger partial charge in [-0.2, -0.15) is 5.10 Å². The molecule has 0 bridgehead atoms. The first-order valence-electron chi connectivity index (χ1n) is 13.2. The molecule has 1 saturated heterocycles. The average molecular weight is 546 g/mol. The lowest BCUT2D eigenvalue weighted by molar-refractivity contribution is -0.146. The minimum Gasteiger partial charge on any atom is -0.505 e. The number of halogens is 1. The number of aromatic amines is 2. The molecule has 2 aromatic heterocycles. The van der Waals surface area contributed by atoms with Crippen LogP contribution in [0, 0.1) is 5.82 Å². The molecule has 4 aromatic rings. The van der Waals surface area contributed by atoms with E-state index in [4.69, 9.17) is 4.98 Å². The Morgan fingerprint density at radius 1 is 1.23 bits per heavy atom. The lowest BCUT2D eigenvalue weighted by atomic mass is 9.96. The second-order valence-electron chi connectivity index (χ2n) is 10.1. The van der Waals surface area contributed by atoms with Gasteiger partial charge in [-0.15, -0.1) is 0 Å². The van der Waals surface area contributed by atoms with Crippen molar-refractivity contribution in [3.05, 3.63) is 53.1 Å². The van der Waals surface area contributed by atoms with Crippen molar-refractivity contribution in [1.82, 2.24) is 35.3 Å². The fourth-order valence-electron chi connectivity index (χ4n) is 5.50. The number of aromatic nitrogens is 4. The molecule has 4 N–H and O–H groups in total. The van der Waals surface area contributed by atoms with Crippen molar-refractivity contribution in [3.63, 3.8) is 0 Å². The Morgan fingerprint density at radius 3 is 2.83 bits per heavy atom. The van der Waals surface area contributed by atoms with Crippen LogP contribution in [0.25, 0.3) is 33.5 Å². The number of aryl methyl sites for hydroxylation is 1. The molecule has 0 saturated carbocycles. The molecule has 2 aliphatic rings. The topological polar surface area (TPSA) is 147 Å². The van der Waals surface area contributed by atoms with Gasteiger partial charge in [-0.25, -0.2) is 14.2 Å². The van der Waals surface area contributed by atoms with Gasteiger partial charge in [-0.1, -0.05) is 13.0 Å². The molecule has 0 radical (unpaired) electrons. The molecule has 40 heavy (non-hydrogen) atoms. The lowest BCUT2D eigenvalue weighted by Crippen LogP contribution is -2.57. The number of nitrogens with zero attached hydrogens (tertiary/aromatic N) is 4. The monoisotopic (exact) mass is 545 g/mol. The van der Waals surface area contributed by atoms with Crippen molar-refractivity contribution in [2.45, 2.75) is 38.8 Å². The van der Waals surface area contributed by atoms with Crippen LogP contribution in [0.3, 0.4) is 0 Å². The Morgan fingerprint density at radius 2 is 2.05 bits per heavy atom. The van der Waals surface area contributed by atoms with E-state index in [-0.39, 0.29) is 18.8 Å². The van der Waals surface area contributed by atoms with E-state index < -0.39 is 29.6 Å². The van der Waals surface area contributed by atoms with Crippen LogP contribution in [-0.2, 0) is 29.0 Å². The average Bonchev–Trinajstić information content (AvgIpc) is 3.58. The maximum Gasteiger partial charge on any atom is 0.327 e. The number of H-pyrrole nitrogens is 2. The number of phenolic OH excluding ortho intramolecular Hbond substituents is 1. The first kappa shape index (κ1) is 25.7. The number of likely N-dealkylation sites (N-methyl/N-ethyl adjacent to an activating group) is 1. The number of aromatic hydroxyl groups is 1. The van der Waals surface area contributed by atoms with Crippen LogP contribution in [0.15, 0.2) is 30.3 Å². The normalized spacial score (nSPS) is 17.5. The SMILES string of the molecule is CCc1cc(O)c(F)cc1-c1ccc2c(-c3nc4c([nH]3)CN(C(=O)N3CCC(NC)C(=O)C3=O)CC4)n[nH]c2c1. The second-order valence-corrected chi connectivity index (χ2v) is 10.1. The van der Waals surface area contributed by atoms with Crippen LogP contribution in [0.4, 0.5) is 9.18 Å². The second kappa shape index (κ2) is 9.87. The molecule has 6 rings (SSSR count). The quantitative estimate of drug-likeness (QED) is 0.288. The van der Waals surface area contributed by atoms with Gasteiger partial charge in [0.2, 0.25) is 5.78 Å². The Labute approximate surface area is 228 Å². The summed E-state index contributed by atoms with van der Waals surface area (Å²) in [5, 5.41) is 20.9. The number of amides is 3. The third-order valence-electron chi connectivity index (χ3n) is 7.75. The highest BCUT2D eigenvalue weighted by Gasteiger charge is 2.39. The van der Waals surface area contributed by atoms with Crippen LogP contribution in [0.5, 0.6) is 5.75 Å². The molecule has 1 atom stereocenters. The molecule has 3 amide bonds. The summed E-state index contributed by atoms with van der Waals surface area (Å²) in [4.78, 5) is 48.5. The smallest absolute Gasteiger partial charge is 0.327 e. The molecular weight excluding hydrogens is 517 g/mol. The van der Waals surface area contributed by atoms with Crippen molar-refractivity contribution in [2.75, 3.05) is 20.1 Å². The van der Waals surface area contributed by atoms with Crippen LogP contribution in [0.2, 0.25) is 0 Å². The number of hydrogen-bond acceptors (Lipinski definition) is 7. The summed E-state index contributed by atoms with van der Waals surface area (Å²) in [6, 6.07) is 7.41. The van der Waals surface area contributed by atoms with Gasteiger partial charge in [-0.3, -0.25) is 19.6 Å². The van der Waals surface area contributed by atoms with E-state index in [2.05, 4.69) is 20.5 Å². The van der Waals surface area contributed by atoms with E-state index in [1.54, 1.807) is 11.9 Å². The van der Waals surface area contributed by atoms with E-state index in [9.17, 15) is 23.9 Å². The third-order valence-corrected chi connectivity index (χ3v) is 7.75. The number of imide groups is 1. The molecule has 1 unspecified atom stereocenters. The van der Waals surface area contributed by atoms with Crippen LogP contribution >= 0.6 is 0 Å². The van der Waals surface area contributed by atoms with Gasteiger partial charge in [0.15, 0.2) is 17.4 Å². The molecule has 0 spiro atoms. The lowest BCUT2D eigenvalue weighted by Gasteiger charge is -2.34. The summed E-state index contributed by atoms with van der Waals surface area (Å²) in [5.74, 6) is -1.88. The zero-order valence-corrected chi connectivity index (χ0v) is 22.0. The van der Waals surface area contributed by atoms with Gasteiger partial charge in [0, 0.05) is 24.9 Å². The number of phenols is 1. The molecule has 12 heteroatoms. The van der Waals surface area contributed by atoms with Crippen molar-refractivity contribution in [2.24, 2.45) is 0 Å². The number of fused-ring (bicyclic) bond motifs is 2. The Kier molecular flexibility index (Phi) is 6.34. The zero-order chi connectivity index (χ0) is 28.1. The molecule has 11 nitrogen and oxygen atoms in total. The summed E-state index contributed by atoms with van der Waals surface area (Å²) in [6.45, 7) is 2.73. The van der Waals surface area contributed by atoms with Gasteiger partial charge in [0.1, 0.15) is 5.69 Å². The predicted molar refractivity (Wildman–Crippen MR) is 144 cm³/mol. The highest BCUT2D eigenvalue weighted by molar-refractivity contribution is 6.41. The minimum absolute atomic E-state index is 0.185. The summed E-state index contributed by atoms with van der Waals surface area (Å²) >= 11 is 0. The fourth-order valence-corrected chi connectivity index (χ4v) is 5.50. The number of ketones is 1. The first-order chi connectivity index (χ1) is 19.3. The van der Waals surface area contributed by atoms with Crippen molar-refractivity contribution in [1.29, 1.82) is 0 Å². The summed E-state index contributed by atoms with van der Waals surface area (Å²) < 4.78 is 14.1. The van der Waals surface area contributed by atoms with Gasteiger partial charge in [0.25, 0.3) is 5.91 Å². The van der Waals surface area contributed by atoms with Crippen molar-refractivity contribution >= 4 is 28.6 Å². The standard InChI is InChI=1S/C28H28FN7O4/c1-3-14-11-23(37)18(29)12-17(14)15-4-5-16-21(10-15)33-34-24(16)26-31-19-6-8-35(13-22(19)32-26)28(40)36-9-7-20(30-2)25(38)27(36)39/h4-5,10-12,20,30,37H,3,6-9,13H2,1-2H3,(H,31,32)(H,33,34). The number of hydrogen-bond donors (Lipinski definition) is 4. The fraction of sp³-hybridized carbons (Fsp3) is 0.321. The highest BCUT2D eigenvalue weighted by Crippen LogP contribution is 2.34. The number of carbonyl (C=O) groups is 3. The van der Waals surface area contributed by atoms with E-state index >= 15 is 0 Å². The van der Waals surface area contributed by atoms with Gasteiger partial charge >= 0.3 is 6.03 Å². The minimum atomic E-state index is -0.782. The Hall–Kier alpha value is -4.58. The highest BCUT2D eigenvalue weighted by atomic mass is 19.1. The molecule has 1 fully saturated rings. The zero-order valence-electron chi connectivity index (χ0n) is 22.0. The largest absolute Gasteiger partial charge is 0.505 e. The van der Waals surface area contributed by atoms with Gasteiger partial charge in [-0.05, 0) is 60.8 Å².